The lowest BCUT2D eigenvalue weighted by atomic mass is 9.64. The molecule has 0 bridgehead atoms. The van der Waals surface area contributed by atoms with Gasteiger partial charge in [-0.05, 0) is 99.7 Å². The number of alkyl halides is 2. The smallest absolute Gasteiger partial charge is 0.207 e. The SMILES string of the molecule is CCCC1CCC(C2CCC(C3CCC(CC(F)(F)CCC)CC3)CC2)CC1. The average molecular weight is 397 g/mol. The first-order valence-corrected chi connectivity index (χ1v) is 12.9. The first-order chi connectivity index (χ1) is 13.5. The van der Waals surface area contributed by atoms with Crippen LogP contribution in [0.4, 0.5) is 8.78 Å². The zero-order valence-electron chi connectivity index (χ0n) is 18.7. The van der Waals surface area contributed by atoms with Crippen LogP contribution in [0.15, 0.2) is 0 Å². The van der Waals surface area contributed by atoms with Gasteiger partial charge in [0, 0.05) is 12.8 Å². The van der Waals surface area contributed by atoms with Gasteiger partial charge in [0.25, 0.3) is 0 Å². The van der Waals surface area contributed by atoms with E-state index in [1.165, 1.54) is 77.0 Å². The van der Waals surface area contributed by atoms with Gasteiger partial charge in [0.05, 0.1) is 0 Å². The molecule has 0 nitrogen and oxygen atoms in total. The summed E-state index contributed by atoms with van der Waals surface area (Å²) in [6.45, 7) is 4.20. The van der Waals surface area contributed by atoms with Gasteiger partial charge in [0.1, 0.15) is 0 Å². The van der Waals surface area contributed by atoms with Gasteiger partial charge in [-0.2, -0.15) is 0 Å². The van der Waals surface area contributed by atoms with E-state index >= 15 is 0 Å². The molecule has 0 amide bonds. The second kappa shape index (κ2) is 10.8. The lowest BCUT2D eigenvalue weighted by Crippen LogP contribution is -2.30. The Kier molecular flexibility index (Phi) is 8.66. The van der Waals surface area contributed by atoms with Gasteiger partial charge in [0.15, 0.2) is 0 Å². The van der Waals surface area contributed by atoms with Gasteiger partial charge >= 0.3 is 0 Å². The lowest BCUT2D eigenvalue weighted by Gasteiger charge is -2.41. The van der Waals surface area contributed by atoms with Crippen LogP contribution in [0.1, 0.15) is 123 Å². The molecule has 164 valence electrons. The van der Waals surface area contributed by atoms with E-state index in [2.05, 4.69) is 6.92 Å². The molecule has 3 aliphatic rings. The number of halogens is 2. The molecule has 0 aliphatic heterocycles. The van der Waals surface area contributed by atoms with Crippen LogP contribution in [0.5, 0.6) is 0 Å². The van der Waals surface area contributed by atoms with E-state index in [4.69, 9.17) is 0 Å². The second-order valence-corrected chi connectivity index (χ2v) is 10.8. The van der Waals surface area contributed by atoms with Crippen molar-refractivity contribution in [1.29, 1.82) is 0 Å². The zero-order chi connectivity index (χ0) is 20.0. The molecule has 0 heterocycles. The number of hydrogen-bond donors (Lipinski definition) is 0. The molecule has 28 heavy (non-hydrogen) atoms. The molecule has 0 N–H and O–H groups in total. The quantitative estimate of drug-likeness (QED) is 0.384. The molecule has 2 heteroatoms. The van der Waals surface area contributed by atoms with Crippen molar-refractivity contribution in [2.24, 2.45) is 35.5 Å². The average Bonchev–Trinajstić information content (AvgIpc) is 2.69. The highest BCUT2D eigenvalue weighted by Crippen LogP contribution is 2.47. The van der Waals surface area contributed by atoms with Gasteiger partial charge in [-0.1, -0.05) is 46.0 Å². The minimum absolute atomic E-state index is 0.0807. The highest BCUT2D eigenvalue weighted by Gasteiger charge is 2.37. The van der Waals surface area contributed by atoms with Gasteiger partial charge < -0.3 is 0 Å². The fourth-order valence-electron chi connectivity index (χ4n) is 7.20. The molecular weight excluding hydrogens is 350 g/mol. The van der Waals surface area contributed by atoms with E-state index in [0.29, 0.717) is 6.42 Å². The standard InChI is InChI=1S/C26H46F2/c1-3-5-20-6-10-22(11-7-20)24-14-16-25(17-15-24)23-12-8-21(9-13-23)19-26(27,28)18-4-2/h20-25H,3-19H2,1-2H3. The summed E-state index contributed by atoms with van der Waals surface area (Å²) >= 11 is 0. The lowest BCUT2D eigenvalue weighted by molar-refractivity contribution is -0.0391. The first-order valence-electron chi connectivity index (χ1n) is 12.9. The van der Waals surface area contributed by atoms with Crippen molar-refractivity contribution in [3.63, 3.8) is 0 Å². The molecule has 3 saturated carbocycles. The van der Waals surface area contributed by atoms with Crippen molar-refractivity contribution in [2.45, 2.75) is 129 Å². The molecule has 0 saturated heterocycles. The Hall–Kier alpha value is -0.140. The monoisotopic (exact) mass is 396 g/mol. The molecule has 3 aliphatic carbocycles. The maximum Gasteiger partial charge on any atom is 0.248 e. The van der Waals surface area contributed by atoms with Crippen molar-refractivity contribution < 1.29 is 8.78 Å². The predicted molar refractivity (Wildman–Crippen MR) is 116 cm³/mol. The molecule has 0 radical (unpaired) electrons. The first kappa shape index (κ1) is 22.5. The summed E-state index contributed by atoms with van der Waals surface area (Å²) < 4.78 is 27.9. The minimum atomic E-state index is -2.42. The maximum absolute atomic E-state index is 13.9. The fraction of sp³-hybridized carbons (Fsp3) is 1.00. The molecular formula is C26H46F2. The Morgan fingerprint density at radius 1 is 0.571 bits per heavy atom. The van der Waals surface area contributed by atoms with Gasteiger partial charge in [-0.25, -0.2) is 8.78 Å². The number of rotatable bonds is 8. The van der Waals surface area contributed by atoms with Gasteiger partial charge in [-0.15, -0.1) is 0 Å². The summed E-state index contributed by atoms with van der Waals surface area (Å²) in [4.78, 5) is 0. The van der Waals surface area contributed by atoms with E-state index in [1.807, 2.05) is 6.92 Å². The molecule has 0 atom stereocenters. The van der Waals surface area contributed by atoms with Crippen molar-refractivity contribution in [1.82, 2.24) is 0 Å². The predicted octanol–water partition coefficient (Wildman–Crippen LogP) is 9.03. The van der Waals surface area contributed by atoms with Crippen LogP contribution < -0.4 is 0 Å². The van der Waals surface area contributed by atoms with Gasteiger partial charge in [0.2, 0.25) is 5.92 Å². The van der Waals surface area contributed by atoms with E-state index in [0.717, 1.165) is 42.4 Å². The molecule has 0 aromatic carbocycles. The summed E-state index contributed by atoms with van der Waals surface area (Å²) in [5, 5.41) is 0. The normalized spacial score (nSPS) is 37.7. The van der Waals surface area contributed by atoms with Crippen LogP contribution >= 0.6 is 0 Å². The van der Waals surface area contributed by atoms with E-state index in [1.54, 1.807) is 0 Å². The molecule has 3 rings (SSSR count). The minimum Gasteiger partial charge on any atom is -0.207 e. The van der Waals surface area contributed by atoms with Crippen molar-refractivity contribution >= 4 is 0 Å². The van der Waals surface area contributed by atoms with E-state index in [-0.39, 0.29) is 18.8 Å². The van der Waals surface area contributed by atoms with Crippen molar-refractivity contribution in [2.75, 3.05) is 0 Å². The Bertz CT molecular complexity index is 422. The highest BCUT2D eigenvalue weighted by molar-refractivity contribution is 4.86. The molecule has 0 unspecified atom stereocenters. The third-order valence-electron chi connectivity index (χ3n) is 8.83. The van der Waals surface area contributed by atoms with Crippen molar-refractivity contribution in [3.05, 3.63) is 0 Å². The van der Waals surface area contributed by atoms with E-state index < -0.39 is 5.92 Å². The summed E-state index contributed by atoms with van der Waals surface area (Å²) in [6.07, 6.45) is 20.0. The fourth-order valence-corrected chi connectivity index (χ4v) is 7.20. The molecule has 0 spiro atoms. The van der Waals surface area contributed by atoms with Crippen LogP contribution in [0.3, 0.4) is 0 Å². The Morgan fingerprint density at radius 3 is 1.36 bits per heavy atom. The second-order valence-electron chi connectivity index (χ2n) is 10.8. The molecule has 0 aromatic heterocycles. The van der Waals surface area contributed by atoms with Crippen molar-refractivity contribution in [3.8, 4) is 0 Å². The molecule has 0 aromatic rings. The molecule has 3 fully saturated rings. The zero-order valence-corrected chi connectivity index (χ0v) is 18.7. The Labute approximate surface area is 173 Å². The third-order valence-corrected chi connectivity index (χ3v) is 8.83. The summed E-state index contributed by atoms with van der Waals surface area (Å²) in [6, 6.07) is 0. The summed E-state index contributed by atoms with van der Waals surface area (Å²) in [7, 11) is 0. The Morgan fingerprint density at radius 2 is 0.964 bits per heavy atom. The summed E-state index contributed by atoms with van der Waals surface area (Å²) in [5.41, 5.74) is 0. The van der Waals surface area contributed by atoms with Crippen LogP contribution in [0.2, 0.25) is 0 Å². The largest absolute Gasteiger partial charge is 0.248 e. The van der Waals surface area contributed by atoms with Gasteiger partial charge in [-0.3, -0.25) is 0 Å². The van der Waals surface area contributed by atoms with Crippen LogP contribution in [-0.2, 0) is 0 Å². The third kappa shape index (κ3) is 6.43. The van der Waals surface area contributed by atoms with Crippen LogP contribution in [0, 0.1) is 35.5 Å². The highest BCUT2D eigenvalue weighted by atomic mass is 19.3. The Balaban J connectivity index is 1.35. The summed E-state index contributed by atoms with van der Waals surface area (Å²) in [5.74, 6) is 2.67. The van der Waals surface area contributed by atoms with E-state index in [9.17, 15) is 8.78 Å². The number of hydrogen-bond acceptors (Lipinski definition) is 0. The van der Waals surface area contributed by atoms with Crippen LogP contribution in [-0.4, -0.2) is 5.92 Å². The topological polar surface area (TPSA) is 0 Å². The van der Waals surface area contributed by atoms with Crippen LogP contribution in [0.25, 0.3) is 0 Å². The maximum atomic E-state index is 13.9.